The third kappa shape index (κ3) is 6.46. The zero-order valence-corrected chi connectivity index (χ0v) is 17.8. The van der Waals surface area contributed by atoms with Crippen molar-refractivity contribution in [2.45, 2.75) is 89.6 Å². The van der Waals surface area contributed by atoms with Gasteiger partial charge < -0.3 is 4.74 Å². The molecule has 0 N–H and O–H groups in total. The number of allylic oxidation sites excluding steroid dienone is 2. The van der Waals surface area contributed by atoms with Crippen LogP contribution in [0.2, 0.25) is 0 Å². The number of rotatable bonds is 7. The fourth-order valence-electron chi connectivity index (χ4n) is 4.84. The molecule has 3 rings (SSSR count). The van der Waals surface area contributed by atoms with Crippen LogP contribution in [0.25, 0.3) is 0 Å². The van der Waals surface area contributed by atoms with Gasteiger partial charge in [0.25, 0.3) is 0 Å². The number of hydrogen-bond acceptors (Lipinski definition) is 3. The second-order valence-corrected chi connectivity index (χ2v) is 8.86. The van der Waals surface area contributed by atoms with E-state index < -0.39 is 0 Å². The average Bonchev–Trinajstić information content (AvgIpc) is 2.77. The molecule has 3 heteroatoms. The number of esters is 1. The van der Waals surface area contributed by atoms with Crippen LogP contribution in [0, 0.1) is 23.2 Å². The molecule has 0 unspecified atom stereocenters. The molecular formula is C26H35NO2. The summed E-state index contributed by atoms with van der Waals surface area (Å²) < 4.78 is 5.89. The van der Waals surface area contributed by atoms with Crippen LogP contribution in [0.15, 0.2) is 36.4 Å². The van der Waals surface area contributed by atoms with Gasteiger partial charge in [0.05, 0.1) is 12.0 Å². The lowest BCUT2D eigenvalue weighted by Crippen LogP contribution is -2.29. The van der Waals surface area contributed by atoms with Gasteiger partial charge in [0.1, 0.15) is 6.10 Å². The summed E-state index contributed by atoms with van der Waals surface area (Å²) in [5, 5.41) is 8.64. The van der Waals surface area contributed by atoms with Gasteiger partial charge in [0.15, 0.2) is 0 Å². The molecule has 0 amide bonds. The van der Waals surface area contributed by atoms with E-state index in [4.69, 9.17) is 10.00 Å². The highest BCUT2D eigenvalue weighted by molar-refractivity contribution is 5.72. The van der Waals surface area contributed by atoms with E-state index in [0.717, 1.165) is 51.4 Å². The summed E-state index contributed by atoms with van der Waals surface area (Å²) in [5.74, 6) is 1.11. The van der Waals surface area contributed by atoms with Gasteiger partial charge in [-0.2, -0.15) is 5.26 Å². The summed E-state index contributed by atoms with van der Waals surface area (Å²) >= 11 is 0. The molecular weight excluding hydrogens is 358 g/mol. The average molecular weight is 394 g/mol. The Labute approximate surface area is 176 Å². The molecule has 156 valence electrons. The van der Waals surface area contributed by atoms with Gasteiger partial charge in [-0.25, -0.2) is 0 Å². The van der Waals surface area contributed by atoms with Crippen molar-refractivity contribution in [3.05, 3.63) is 47.5 Å². The zero-order valence-electron chi connectivity index (χ0n) is 17.8. The highest BCUT2D eigenvalue weighted by Crippen LogP contribution is 2.36. The van der Waals surface area contributed by atoms with Crippen molar-refractivity contribution in [1.82, 2.24) is 0 Å². The maximum absolute atomic E-state index is 12.6. The van der Waals surface area contributed by atoms with E-state index in [1.807, 2.05) is 6.08 Å². The van der Waals surface area contributed by atoms with E-state index in [9.17, 15) is 4.79 Å². The van der Waals surface area contributed by atoms with Crippen molar-refractivity contribution >= 4 is 5.97 Å². The molecule has 29 heavy (non-hydrogen) atoms. The Balaban J connectivity index is 1.40. The minimum atomic E-state index is 0.0106. The molecule has 0 radical (unpaired) electrons. The maximum Gasteiger partial charge on any atom is 0.309 e. The number of hydrogen-bond donors (Lipinski definition) is 0. The third-order valence-electron chi connectivity index (χ3n) is 6.78. The van der Waals surface area contributed by atoms with Crippen molar-refractivity contribution in [1.29, 1.82) is 5.26 Å². The molecule has 2 saturated carbocycles. The number of ether oxygens (including phenoxy) is 1. The van der Waals surface area contributed by atoms with Crippen LogP contribution in [-0.2, 0) is 16.0 Å². The standard InChI is InChI=1S/C26H35NO2/c1-2-3-5-20-7-11-22(12-8-20)23-15-17-25(18-16-23)29-26(28)24-13-9-21(10-14-24)6-4-19-27/h4,6-8,11-12,21,23-25H,2-3,5,9-10,13-18H2,1H3/t21-,23-,24-,25-. The molecule has 0 aromatic heterocycles. The number of unbranched alkanes of at least 4 members (excludes halogenated alkanes) is 1. The molecule has 0 spiro atoms. The minimum absolute atomic E-state index is 0.0106. The van der Waals surface area contributed by atoms with Crippen molar-refractivity contribution in [3.63, 3.8) is 0 Å². The summed E-state index contributed by atoms with van der Waals surface area (Å²) in [4.78, 5) is 12.6. The normalized spacial score (nSPS) is 27.4. The van der Waals surface area contributed by atoms with Gasteiger partial charge in [0.2, 0.25) is 0 Å². The second kappa shape index (κ2) is 11.2. The molecule has 3 nitrogen and oxygen atoms in total. The fourth-order valence-corrected chi connectivity index (χ4v) is 4.84. The number of carbonyl (C=O) groups is 1. The maximum atomic E-state index is 12.6. The quantitative estimate of drug-likeness (QED) is 0.393. The largest absolute Gasteiger partial charge is 0.462 e. The van der Waals surface area contributed by atoms with E-state index in [0.29, 0.717) is 11.8 Å². The monoisotopic (exact) mass is 393 g/mol. The van der Waals surface area contributed by atoms with Gasteiger partial charge in [-0.3, -0.25) is 4.79 Å². The summed E-state index contributed by atoms with van der Waals surface area (Å²) in [7, 11) is 0. The van der Waals surface area contributed by atoms with Crippen molar-refractivity contribution < 1.29 is 9.53 Å². The van der Waals surface area contributed by atoms with Crippen LogP contribution in [0.1, 0.15) is 88.2 Å². The Kier molecular flexibility index (Phi) is 8.35. The molecule has 2 aliphatic carbocycles. The predicted molar refractivity (Wildman–Crippen MR) is 116 cm³/mol. The lowest BCUT2D eigenvalue weighted by Gasteiger charge is -2.31. The highest BCUT2D eigenvalue weighted by atomic mass is 16.5. The summed E-state index contributed by atoms with van der Waals surface area (Å²) in [6.45, 7) is 2.24. The van der Waals surface area contributed by atoms with Gasteiger partial charge in [-0.15, -0.1) is 0 Å². The Morgan fingerprint density at radius 1 is 1.07 bits per heavy atom. The van der Waals surface area contributed by atoms with E-state index in [1.54, 1.807) is 6.08 Å². The molecule has 1 aromatic rings. The highest BCUT2D eigenvalue weighted by Gasteiger charge is 2.30. The van der Waals surface area contributed by atoms with Crippen molar-refractivity contribution in [2.24, 2.45) is 11.8 Å². The molecule has 0 aliphatic heterocycles. The number of benzene rings is 1. The van der Waals surface area contributed by atoms with Crippen molar-refractivity contribution in [3.8, 4) is 6.07 Å². The smallest absolute Gasteiger partial charge is 0.309 e. The third-order valence-corrected chi connectivity index (χ3v) is 6.78. The first-order valence-corrected chi connectivity index (χ1v) is 11.5. The number of nitriles is 1. The Morgan fingerprint density at radius 3 is 2.38 bits per heavy atom. The molecule has 0 saturated heterocycles. The molecule has 2 aliphatic rings. The van der Waals surface area contributed by atoms with Gasteiger partial charge in [0, 0.05) is 6.08 Å². The second-order valence-electron chi connectivity index (χ2n) is 8.86. The minimum Gasteiger partial charge on any atom is -0.462 e. The van der Waals surface area contributed by atoms with E-state index in [2.05, 4.69) is 37.3 Å². The summed E-state index contributed by atoms with van der Waals surface area (Å²) in [5.41, 5.74) is 2.88. The van der Waals surface area contributed by atoms with Gasteiger partial charge in [-0.05, 0) is 87.2 Å². The fraction of sp³-hybridized carbons (Fsp3) is 0.615. The summed E-state index contributed by atoms with van der Waals surface area (Å²) in [6, 6.07) is 11.3. The van der Waals surface area contributed by atoms with E-state index in [-0.39, 0.29) is 18.0 Å². The van der Waals surface area contributed by atoms with Crippen LogP contribution in [-0.4, -0.2) is 12.1 Å². The molecule has 0 bridgehead atoms. The van der Waals surface area contributed by atoms with Gasteiger partial charge in [-0.1, -0.05) is 43.7 Å². The molecule has 0 heterocycles. The first kappa shape index (κ1) is 21.6. The SMILES string of the molecule is CCCCc1ccc([C@H]2CC[C@H](OC(=O)[C@H]3CC[C@H](C=CC#N)CC3)CC2)cc1. The van der Waals surface area contributed by atoms with Gasteiger partial charge >= 0.3 is 5.97 Å². The van der Waals surface area contributed by atoms with Crippen LogP contribution < -0.4 is 0 Å². The molecule has 0 atom stereocenters. The van der Waals surface area contributed by atoms with Crippen molar-refractivity contribution in [2.75, 3.05) is 0 Å². The first-order chi connectivity index (χ1) is 14.2. The molecule has 2 fully saturated rings. The Bertz CT molecular complexity index is 699. The lowest BCUT2D eigenvalue weighted by molar-refractivity contribution is -0.157. The number of nitrogens with zero attached hydrogens (tertiary/aromatic N) is 1. The topological polar surface area (TPSA) is 50.1 Å². The van der Waals surface area contributed by atoms with Crippen LogP contribution in [0.5, 0.6) is 0 Å². The predicted octanol–water partition coefficient (Wildman–Crippen LogP) is 6.48. The first-order valence-electron chi connectivity index (χ1n) is 11.5. The Hall–Kier alpha value is -2.08. The summed E-state index contributed by atoms with van der Waals surface area (Å²) in [6.07, 6.45) is 15.3. The molecule has 1 aromatic carbocycles. The zero-order chi connectivity index (χ0) is 20.5. The van der Waals surface area contributed by atoms with E-state index >= 15 is 0 Å². The van der Waals surface area contributed by atoms with Crippen LogP contribution in [0.4, 0.5) is 0 Å². The number of aryl methyl sites for hydroxylation is 1. The van der Waals surface area contributed by atoms with E-state index in [1.165, 1.54) is 30.4 Å². The number of carbonyl (C=O) groups excluding carboxylic acids is 1. The Morgan fingerprint density at radius 2 is 1.76 bits per heavy atom. The lowest BCUT2D eigenvalue weighted by atomic mass is 9.81. The van der Waals surface area contributed by atoms with Crippen LogP contribution in [0.3, 0.4) is 0 Å². The van der Waals surface area contributed by atoms with Crippen LogP contribution >= 0.6 is 0 Å².